The van der Waals surface area contributed by atoms with Crippen molar-refractivity contribution in [2.75, 3.05) is 19.8 Å². The highest BCUT2D eigenvalue weighted by molar-refractivity contribution is 5.75. The van der Waals surface area contributed by atoms with Crippen LogP contribution in [0.1, 0.15) is 13.3 Å². The van der Waals surface area contributed by atoms with Gasteiger partial charge >= 0.3 is 0 Å². The number of aliphatic carboxylic acids is 1. The zero-order chi connectivity index (χ0) is 32.4. The Kier molecular flexibility index (Phi) is 12.1. The number of carboxylic acid groups (broad SMARTS) is 1. The van der Waals surface area contributed by atoms with Crippen LogP contribution in [0, 0.1) is 0 Å². The molecule has 250 valence electrons. The van der Waals surface area contributed by atoms with Crippen LogP contribution < -0.4 is 10.4 Å². The van der Waals surface area contributed by atoms with Gasteiger partial charge in [0.1, 0.15) is 73.1 Å². The average molecular weight is 633 g/mol. The normalized spacial score (nSPS) is 45.3. The standard InChI is InChI=1S/C23H39NO19/c1-6(28)24-11-7(29)2-23(22(37)38,42-18(11)12(31)8(30)3-25)43-19-13(32)9(4-26)40-21(16(19)35)41-17-10(5-27)39-20(36)15(34)14(17)33/h7-21,25-27,29-36H,2-5H2,1H3,(H,24,28)(H,37,38)/p-1/t7-,8+,9+,10+,11+,12+,13-,14+,15+,16+,17+,18+,19-,20?,21-,23-/m0/s1. The van der Waals surface area contributed by atoms with Gasteiger partial charge in [-0.2, -0.15) is 0 Å². The van der Waals surface area contributed by atoms with Crippen LogP contribution in [0.25, 0.3) is 0 Å². The molecule has 1 unspecified atom stereocenters. The summed E-state index contributed by atoms with van der Waals surface area (Å²) in [5, 5.41) is 127. The number of hydrogen-bond acceptors (Lipinski definition) is 19. The molecule has 0 saturated carbocycles. The van der Waals surface area contributed by atoms with E-state index in [0.717, 1.165) is 6.92 Å². The lowest BCUT2D eigenvalue weighted by molar-refractivity contribution is -0.411. The highest BCUT2D eigenvalue weighted by Crippen LogP contribution is 2.37. The maximum absolute atomic E-state index is 12.4. The van der Waals surface area contributed by atoms with Crippen LogP contribution >= 0.6 is 0 Å². The molecule has 0 aromatic rings. The first-order chi connectivity index (χ1) is 20.1. The fraction of sp³-hybridized carbons (Fsp3) is 0.913. The number of ether oxygens (including phenoxy) is 5. The number of rotatable bonds is 11. The van der Waals surface area contributed by atoms with E-state index in [1.807, 2.05) is 0 Å². The van der Waals surface area contributed by atoms with Crippen molar-refractivity contribution < 1.29 is 94.6 Å². The van der Waals surface area contributed by atoms with E-state index in [4.69, 9.17) is 23.7 Å². The lowest BCUT2D eigenvalue weighted by atomic mass is 9.88. The minimum Gasteiger partial charge on any atom is -0.544 e. The van der Waals surface area contributed by atoms with E-state index in [-0.39, 0.29) is 0 Å². The van der Waals surface area contributed by atoms with E-state index in [1.165, 1.54) is 0 Å². The largest absolute Gasteiger partial charge is 0.544 e. The maximum Gasteiger partial charge on any atom is 0.217 e. The first kappa shape index (κ1) is 35.8. The summed E-state index contributed by atoms with van der Waals surface area (Å²) in [6, 6.07) is -1.57. The number of aliphatic hydroxyl groups is 11. The molecule has 16 atom stereocenters. The van der Waals surface area contributed by atoms with Gasteiger partial charge in [-0.1, -0.05) is 0 Å². The molecule has 3 rings (SSSR count). The Labute approximate surface area is 243 Å². The van der Waals surface area contributed by atoms with E-state index in [0.29, 0.717) is 0 Å². The van der Waals surface area contributed by atoms with Gasteiger partial charge in [-0.05, 0) is 0 Å². The average Bonchev–Trinajstić information content (AvgIpc) is 2.96. The Morgan fingerprint density at radius 1 is 0.930 bits per heavy atom. The van der Waals surface area contributed by atoms with E-state index < -0.39 is 136 Å². The van der Waals surface area contributed by atoms with Crippen LogP contribution in [0.2, 0.25) is 0 Å². The maximum atomic E-state index is 12.4. The summed E-state index contributed by atoms with van der Waals surface area (Å²) in [4.78, 5) is 24.1. The van der Waals surface area contributed by atoms with Gasteiger partial charge in [-0.25, -0.2) is 0 Å². The SMILES string of the molecule is CC(=O)N[C@H]1[C@H]([C@H](O)[C@H](O)CO)O[C@@](O[C@H]2[C@@H](O)[C@@H](CO)O[C@@H](O[C@H]3[C@H](O)[C@@H](O)C(O)O[C@@H]3CO)[C@@H]2O)(C(=O)[O-])C[C@@H]1O. The summed E-state index contributed by atoms with van der Waals surface area (Å²) < 4.78 is 26.7. The predicted octanol–water partition coefficient (Wildman–Crippen LogP) is -9.56. The van der Waals surface area contributed by atoms with Crippen LogP contribution in [0.15, 0.2) is 0 Å². The molecule has 20 nitrogen and oxygen atoms in total. The highest BCUT2D eigenvalue weighted by atomic mass is 16.8. The fourth-order valence-corrected chi connectivity index (χ4v) is 5.15. The molecular weight excluding hydrogens is 594 g/mol. The monoisotopic (exact) mass is 632 g/mol. The number of aliphatic hydroxyl groups excluding tert-OH is 11. The van der Waals surface area contributed by atoms with Crippen molar-refractivity contribution >= 4 is 11.9 Å². The Balaban J connectivity index is 1.94. The Bertz CT molecular complexity index is 942. The van der Waals surface area contributed by atoms with Crippen LogP contribution in [0.3, 0.4) is 0 Å². The number of nitrogens with one attached hydrogen (secondary N) is 1. The Hall–Kier alpha value is -1.70. The van der Waals surface area contributed by atoms with Crippen molar-refractivity contribution in [2.24, 2.45) is 0 Å². The molecule has 3 aliphatic heterocycles. The number of hydrogen-bond donors (Lipinski definition) is 12. The smallest absolute Gasteiger partial charge is 0.217 e. The van der Waals surface area contributed by atoms with Crippen LogP contribution in [0.5, 0.6) is 0 Å². The number of carbonyl (C=O) groups is 2. The molecular formula is C23H38NO19-. The van der Waals surface area contributed by atoms with Crippen molar-refractivity contribution in [3.63, 3.8) is 0 Å². The molecule has 3 fully saturated rings. The van der Waals surface area contributed by atoms with Gasteiger partial charge in [0, 0.05) is 13.3 Å². The summed E-state index contributed by atoms with van der Waals surface area (Å²) >= 11 is 0. The topological polar surface area (TPSA) is 338 Å². The van der Waals surface area contributed by atoms with Crippen molar-refractivity contribution in [1.82, 2.24) is 5.32 Å². The zero-order valence-electron chi connectivity index (χ0n) is 22.7. The quantitative estimate of drug-likeness (QED) is 0.101. The van der Waals surface area contributed by atoms with Crippen molar-refractivity contribution in [1.29, 1.82) is 0 Å². The second-order valence-corrected chi connectivity index (χ2v) is 10.5. The second-order valence-electron chi connectivity index (χ2n) is 10.5. The van der Waals surface area contributed by atoms with Crippen molar-refractivity contribution in [2.45, 2.75) is 111 Å². The lowest BCUT2D eigenvalue weighted by Crippen LogP contribution is -2.72. The molecule has 43 heavy (non-hydrogen) atoms. The van der Waals surface area contributed by atoms with Gasteiger partial charge in [0.25, 0.3) is 0 Å². The summed E-state index contributed by atoms with van der Waals surface area (Å²) in [6.45, 7) is -1.90. The minimum absolute atomic E-state index is 0.765. The predicted molar refractivity (Wildman–Crippen MR) is 127 cm³/mol. The Morgan fingerprint density at radius 2 is 1.56 bits per heavy atom. The van der Waals surface area contributed by atoms with Gasteiger partial charge in [0.2, 0.25) is 11.7 Å². The third-order valence-electron chi connectivity index (χ3n) is 7.45. The molecule has 1 amide bonds. The first-order valence-electron chi connectivity index (χ1n) is 13.2. The highest BCUT2D eigenvalue weighted by Gasteiger charge is 2.57. The molecule has 3 saturated heterocycles. The number of carboxylic acids is 1. The molecule has 20 heteroatoms. The third kappa shape index (κ3) is 7.41. The third-order valence-corrected chi connectivity index (χ3v) is 7.45. The summed E-state index contributed by atoms with van der Waals surface area (Å²) in [5.41, 5.74) is 0. The van der Waals surface area contributed by atoms with Gasteiger partial charge in [0.15, 0.2) is 12.6 Å². The molecule has 3 aliphatic rings. The minimum atomic E-state index is -3.13. The molecule has 0 aliphatic carbocycles. The number of amides is 1. The van der Waals surface area contributed by atoms with E-state index >= 15 is 0 Å². The molecule has 0 aromatic carbocycles. The Morgan fingerprint density at radius 3 is 2.09 bits per heavy atom. The lowest BCUT2D eigenvalue weighted by Gasteiger charge is -2.52. The van der Waals surface area contributed by atoms with E-state index in [2.05, 4.69) is 5.32 Å². The van der Waals surface area contributed by atoms with Gasteiger partial charge in [-0.15, -0.1) is 0 Å². The summed E-state index contributed by atoms with van der Waals surface area (Å²) in [6.07, 6.45) is -28.2. The van der Waals surface area contributed by atoms with Crippen LogP contribution in [0.4, 0.5) is 0 Å². The fourth-order valence-electron chi connectivity index (χ4n) is 5.15. The molecule has 0 radical (unpaired) electrons. The molecule has 3 heterocycles. The van der Waals surface area contributed by atoms with Gasteiger partial charge < -0.3 is 95.1 Å². The van der Waals surface area contributed by atoms with E-state index in [1.54, 1.807) is 0 Å². The van der Waals surface area contributed by atoms with E-state index in [9.17, 15) is 70.9 Å². The molecule has 12 N–H and O–H groups in total. The summed E-state index contributed by atoms with van der Waals surface area (Å²) in [7, 11) is 0. The van der Waals surface area contributed by atoms with Gasteiger partial charge in [-0.3, -0.25) is 4.79 Å². The van der Waals surface area contributed by atoms with Gasteiger partial charge in [0.05, 0.1) is 32.0 Å². The van der Waals surface area contributed by atoms with Crippen molar-refractivity contribution in [3.8, 4) is 0 Å². The van der Waals surface area contributed by atoms with Crippen LogP contribution in [-0.2, 0) is 33.3 Å². The molecule has 0 aromatic heterocycles. The van der Waals surface area contributed by atoms with Crippen LogP contribution in [-0.4, -0.2) is 186 Å². The first-order valence-corrected chi connectivity index (χ1v) is 13.2. The second kappa shape index (κ2) is 14.6. The molecule has 0 bridgehead atoms. The zero-order valence-corrected chi connectivity index (χ0v) is 22.7. The van der Waals surface area contributed by atoms with Crippen molar-refractivity contribution in [3.05, 3.63) is 0 Å². The molecule has 0 spiro atoms. The summed E-state index contributed by atoms with van der Waals surface area (Å²) in [5.74, 6) is -6.12. The number of carbonyl (C=O) groups excluding carboxylic acids is 2.